The number of morpholine rings is 1. The number of rotatable bonds is 5. The van der Waals surface area contributed by atoms with Gasteiger partial charge >= 0.3 is 0 Å². The number of nitrogen functional groups attached to an aromatic ring is 1. The van der Waals surface area contributed by atoms with Crippen LogP contribution in [0.3, 0.4) is 0 Å². The molecule has 1 saturated carbocycles. The summed E-state index contributed by atoms with van der Waals surface area (Å²) in [5, 5.41) is 3.54. The van der Waals surface area contributed by atoms with Gasteiger partial charge in [-0.05, 0) is 43.4 Å². The van der Waals surface area contributed by atoms with Crippen molar-refractivity contribution in [2.24, 2.45) is 0 Å². The molecule has 1 aromatic carbocycles. The standard InChI is InChI=1S/C25H28N6O3/c1-25(8-9-25)31-19(7-10-30-11-13-34-14-12-30)20(21-22(26)27-16-28-23(21)31)24(32)29-18-5-3-17(4-6-18)15-33-2/h3-6,16H,8-9,11-15H2,1-2H3,(H,29,32)(H2,26,27,28). The molecule has 1 amide bonds. The number of fused-ring (bicyclic) bond motifs is 1. The minimum Gasteiger partial charge on any atom is -0.383 e. The van der Waals surface area contributed by atoms with Crippen LogP contribution in [-0.2, 0) is 21.6 Å². The van der Waals surface area contributed by atoms with Gasteiger partial charge in [0.1, 0.15) is 23.5 Å². The summed E-state index contributed by atoms with van der Waals surface area (Å²) in [5.41, 5.74) is 9.49. The summed E-state index contributed by atoms with van der Waals surface area (Å²) in [6.45, 7) is 5.39. The van der Waals surface area contributed by atoms with E-state index < -0.39 is 0 Å². The third kappa shape index (κ3) is 4.18. The minimum atomic E-state index is -0.291. The first-order valence-electron chi connectivity index (χ1n) is 11.4. The topological polar surface area (TPSA) is 108 Å². The van der Waals surface area contributed by atoms with Crippen LogP contribution >= 0.6 is 0 Å². The Hall–Kier alpha value is -3.61. The van der Waals surface area contributed by atoms with E-state index in [1.165, 1.54) is 6.33 Å². The van der Waals surface area contributed by atoms with E-state index in [0.29, 0.717) is 47.8 Å². The van der Waals surface area contributed by atoms with Gasteiger partial charge in [0.25, 0.3) is 5.91 Å². The van der Waals surface area contributed by atoms with Gasteiger partial charge in [-0.15, -0.1) is 0 Å². The quantitative estimate of drug-likeness (QED) is 0.564. The number of benzene rings is 1. The van der Waals surface area contributed by atoms with Gasteiger partial charge in [-0.1, -0.05) is 12.1 Å². The van der Waals surface area contributed by atoms with Crippen LogP contribution in [0.5, 0.6) is 0 Å². The molecular formula is C25H28N6O3. The highest BCUT2D eigenvalue weighted by Gasteiger charge is 2.44. The Bertz CT molecular complexity index is 1280. The molecule has 1 aliphatic heterocycles. The third-order valence-electron chi connectivity index (χ3n) is 6.39. The largest absolute Gasteiger partial charge is 0.383 e. The first kappa shape index (κ1) is 22.2. The fourth-order valence-corrected chi connectivity index (χ4v) is 4.26. The van der Waals surface area contributed by atoms with Crippen molar-refractivity contribution in [1.29, 1.82) is 0 Å². The molecule has 5 rings (SSSR count). The van der Waals surface area contributed by atoms with Gasteiger partial charge in [0.2, 0.25) is 0 Å². The van der Waals surface area contributed by atoms with Gasteiger partial charge in [0.15, 0.2) is 0 Å². The number of methoxy groups -OCH3 is 1. The smallest absolute Gasteiger partial charge is 0.259 e. The molecule has 9 nitrogen and oxygen atoms in total. The number of nitrogens with zero attached hydrogens (tertiary/aromatic N) is 4. The monoisotopic (exact) mass is 460 g/mol. The van der Waals surface area contributed by atoms with Crippen LogP contribution in [0.4, 0.5) is 11.5 Å². The molecule has 2 aliphatic rings. The molecule has 0 atom stereocenters. The second-order valence-corrected chi connectivity index (χ2v) is 8.93. The molecule has 0 spiro atoms. The van der Waals surface area contributed by atoms with E-state index in [-0.39, 0.29) is 17.3 Å². The van der Waals surface area contributed by atoms with Crippen molar-refractivity contribution in [2.75, 3.05) is 44.5 Å². The van der Waals surface area contributed by atoms with Crippen LogP contribution in [0.15, 0.2) is 30.6 Å². The number of anilines is 2. The fourth-order valence-electron chi connectivity index (χ4n) is 4.26. The maximum Gasteiger partial charge on any atom is 0.259 e. The Balaban J connectivity index is 1.60. The maximum absolute atomic E-state index is 13.7. The fraction of sp³-hybridized carbons (Fsp3) is 0.400. The minimum absolute atomic E-state index is 0.158. The van der Waals surface area contributed by atoms with Crippen molar-refractivity contribution in [3.05, 3.63) is 47.4 Å². The highest BCUT2D eigenvalue weighted by molar-refractivity contribution is 6.16. The lowest BCUT2D eigenvalue weighted by Gasteiger charge is -2.22. The van der Waals surface area contributed by atoms with Gasteiger partial charge in [-0.2, -0.15) is 0 Å². The number of ether oxygens (including phenoxy) is 2. The van der Waals surface area contributed by atoms with Gasteiger partial charge in [0, 0.05) is 37.5 Å². The highest BCUT2D eigenvalue weighted by Crippen LogP contribution is 2.47. The highest BCUT2D eigenvalue weighted by atomic mass is 16.5. The maximum atomic E-state index is 13.7. The number of amides is 1. The van der Waals surface area contributed by atoms with Gasteiger partial charge in [0.05, 0.1) is 30.8 Å². The lowest BCUT2D eigenvalue weighted by molar-refractivity contribution is 0.0638. The predicted molar refractivity (Wildman–Crippen MR) is 129 cm³/mol. The van der Waals surface area contributed by atoms with Gasteiger partial charge < -0.3 is 30.0 Å². The van der Waals surface area contributed by atoms with Gasteiger partial charge in [-0.3, -0.25) is 4.79 Å². The zero-order valence-electron chi connectivity index (χ0n) is 19.4. The lowest BCUT2D eigenvalue weighted by atomic mass is 10.1. The van der Waals surface area contributed by atoms with E-state index in [4.69, 9.17) is 15.2 Å². The lowest BCUT2D eigenvalue weighted by Crippen LogP contribution is -2.32. The summed E-state index contributed by atoms with van der Waals surface area (Å²) < 4.78 is 12.7. The number of hydrogen-bond donors (Lipinski definition) is 2. The van der Waals surface area contributed by atoms with Crippen LogP contribution in [0.2, 0.25) is 0 Å². The molecule has 3 heterocycles. The summed E-state index contributed by atoms with van der Waals surface area (Å²) >= 11 is 0. The third-order valence-corrected chi connectivity index (χ3v) is 6.39. The summed E-state index contributed by atoms with van der Waals surface area (Å²) in [6, 6.07) is 10.8. The number of hydrogen-bond acceptors (Lipinski definition) is 7. The summed E-state index contributed by atoms with van der Waals surface area (Å²) in [4.78, 5) is 24.4. The van der Waals surface area contributed by atoms with Crippen LogP contribution in [0, 0.1) is 12.0 Å². The molecule has 3 aromatic rings. The Morgan fingerprint density at radius 2 is 1.97 bits per heavy atom. The van der Waals surface area contributed by atoms with Crippen molar-refractivity contribution >= 4 is 28.4 Å². The zero-order chi connectivity index (χ0) is 23.7. The van der Waals surface area contributed by atoms with Gasteiger partial charge in [-0.25, -0.2) is 9.97 Å². The van der Waals surface area contributed by atoms with Crippen LogP contribution in [-0.4, -0.2) is 58.8 Å². The second kappa shape index (κ2) is 8.97. The summed E-state index contributed by atoms with van der Waals surface area (Å²) in [6.07, 6.45) is 3.40. The first-order chi connectivity index (χ1) is 16.5. The van der Waals surface area contributed by atoms with Crippen molar-refractivity contribution in [1.82, 2.24) is 19.4 Å². The Morgan fingerprint density at radius 1 is 1.24 bits per heavy atom. The predicted octanol–water partition coefficient (Wildman–Crippen LogP) is 2.56. The number of carbonyl (C=O) groups excluding carboxylic acids is 1. The molecule has 9 heteroatoms. The molecule has 0 radical (unpaired) electrons. The zero-order valence-corrected chi connectivity index (χ0v) is 19.4. The Morgan fingerprint density at radius 3 is 2.65 bits per heavy atom. The van der Waals surface area contributed by atoms with Crippen LogP contribution in [0.1, 0.15) is 41.4 Å². The molecule has 176 valence electrons. The first-order valence-corrected chi connectivity index (χ1v) is 11.4. The molecule has 2 fully saturated rings. The molecule has 3 N–H and O–H groups in total. The molecule has 0 unspecified atom stereocenters. The van der Waals surface area contributed by atoms with Crippen molar-refractivity contribution < 1.29 is 14.3 Å². The number of carbonyl (C=O) groups is 1. The molecule has 1 saturated heterocycles. The van der Waals surface area contributed by atoms with Crippen molar-refractivity contribution in [2.45, 2.75) is 31.9 Å². The molecule has 1 aliphatic carbocycles. The normalized spacial score (nSPS) is 16.7. The number of nitrogens with one attached hydrogen (secondary N) is 1. The van der Waals surface area contributed by atoms with Crippen molar-refractivity contribution in [3.63, 3.8) is 0 Å². The Labute approximate surface area is 198 Å². The average molecular weight is 461 g/mol. The average Bonchev–Trinajstić information content (AvgIpc) is 3.48. The number of nitrogens with two attached hydrogens (primary N) is 1. The van der Waals surface area contributed by atoms with Crippen LogP contribution in [0.25, 0.3) is 11.0 Å². The summed E-state index contributed by atoms with van der Waals surface area (Å²) in [7, 11) is 1.65. The molecular weight excluding hydrogens is 432 g/mol. The van der Waals surface area contributed by atoms with Crippen LogP contribution < -0.4 is 11.1 Å². The van der Waals surface area contributed by atoms with E-state index in [0.717, 1.165) is 31.5 Å². The Kier molecular flexibility index (Phi) is 5.86. The van der Waals surface area contributed by atoms with E-state index in [9.17, 15) is 4.79 Å². The molecule has 0 bridgehead atoms. The molecule has 2 aromatic heterocycles. The SMILES string of the molecule is COCc1ccc(NC(=O)c2c(C#CN3CCOCC3)n(C3(C)CC3)c3ncnc(N)c23)cc1. The van der Waals surface area contributed by atoms with E-state index >= 15 is 0 Å². The van der Waals surface area contributed by atoms with E-state index in [1.54, 1.807) is 7.11 Å². The van der Waals surface area contributed by atoms with E-state index in [1.807, 2.05) is 29.2 Å². The number of aromatic nitrogens is 3. The van der Waals surface area contributed by atoms with E-state index in [2.05, 4.69) is 38.7 Å². The molecule has 34 heavy (non-hydrogen) atoms. The summed E-state index contributed by atoms with van der Waals surface area (Å²) in [5.74, 6) is 3.27. The van der Waals surface area contributed by atoms with Crippen molar-refractivity contribution in [3.8, 4) is 12.0 Å². The second-order valence-electron chi connectivity index (χ2n) is 8.93.